The summed E-state index contributed by atoms with van der Waals surface area (Å²) in [7, 11) is -3.10. The lowest BCUT2D eigenvalue weighted by Crippen LogP contribution is -2.36. The predicted molar refractivity (Wildman–Crippen MR) is 107 cm³/mol. The van der Waals surface area contributed by atoms with E-state index in [1.165, 1.54) is 43.3 Å². The Morgan fingerprint density at radius 3 is 2.48 bits per heavy atom. The highest BCUT2D eigenvalue weighted by Crippen LogP contribution is 2.32. The number of aliphatic imine (C=N–C) groups is 1. The molecule has 0 radical (unpaired) electrons. The van der Waals surface area contributed by atoms with Crippen LogP contribution in [0.15, 0.2) is 52.4 Å². The number of amides is 2. The van der Waals surface area contributed by atoms with Crippen molar-refractivity contribution in [2.75, 3.05) is 12.4 Å². The highest BCUT2D eigenvalue weighted by Gasteiger charge is 2.20. The molecule has 10 nitrogen and oxygen atoms in total. The number of benzene rings is 2. The van der Waals surface area contributed by atoms with E-state index in [1.54, 1.807) is 6.07 Å². The van der Waals surface area contributed by atoms with Gasteiger partial charge in [-0.05, 0) is 24.3 Å². The van der Waals surface area contributed by atoms with Crippen molar-refractivity contribution in [2.24, 2.45) is 10.7 Å². The normalized spacial score (nSPS) is 11.5. The Bertz CT molecular complexity index is 1070. The van der Waals surface area contributed by atoms with Gasteiger partial charge < -0.3 is 20.0 Å². The van der Waals surface area contributed by atoms with Gasteiger partial charge in [-0.15, -0.1) is 0 Å². The minimum Gasteiger partial charge on any atom is -0.453 e. The molecule has 0 aliphatic carbocycles. The van der Waals surface area contributed by atoms with Crippen molar-refractivity contribution in [3.8, 4) is 5.75 Å². The zero-order chi connectivity index (χ0) is 21.6. The molecule has 154 valence electrons. The largest absolute Gasteiger partial charge is 0.453 e. The van der Waals surface area contributed by atoms with Crippen LogP contribution < -0.4 is 20.6 Å². The van der Waals surface area contributed by atoms with E-state index in [2.05, 4.69) is 20.4 Å². The number of rotatable bonds is 5. The summed E-state index contributed by atoms with van der Waals surface area (Å²) in [4.78, 5) is 26.4. The van der Waals surface area contributed by atoms with Crippen molar-refractivity contribution in [3.63, 3.8) is 0 Å². The Morgan fingerprint density at radius 1 is 1.17 bits per heavy atom. The first-order chi connectivity index (χ1) is 13.6. The second-order valence-electron chi connectivity index (χ2n) is 5.44. The van der Waals surface area contributed by atoms with Gasteiger partial charge in [0.2, 0.25) is 11.9 Å². The molecule has 0 bridgehead atoms. The summed E-state index contributed by atoms with van der Waals surface area (Å²) in [5, 5.41) is 4.64. The molecule has 0 spiro atoms. The number of ether oxygens (including phenoxy) is 1. The molecule has 0 saturated carbocycles. The van der Waals surface area contributed by atoms with Gasteiger partial charge in [0.25, 0.3) is 0 Å². The van der Waals surface area contributed by atoms with Crippen LogP contribution >= 0.6 is 11.6 Å². The first-order valence-corrected chi connectivity index (χ1v) is 9.71. The van der Waals surface area contributed by atoms with Crippen LogP contribution in [0, 0.1) is 0 Å². The van der Waals surface area contributed by atoms with Crippen molar-refractivity contribution in [3.05, 3.63) is 47.5 Å². The van der Waals surface area contributed by atoms with Crippen molar-refractivity contribution in [1.82, 2.24) is 5.32 Å². The number of halogens is 1. The molecular weight excluding hydrogens is 424 g/mol. The lowest BCUT2D eigenvalue weighted by molar-refractivity contribution is -0.114. The fourth-order valence-electron chi connectivity index (χ4n) is 2.08. The smallest absolute Gasteiger partial charge is 0.413 e. The van der Waals surface area contributed by atoms with E-state index in [-0.39, 0.29) is 33.0 Å². The maximum atomic E-state index is 12.5. The fraction of sp³-hybridized carbons (Fsp3) is 0.118. The summed E-state index contributed by atoms with van der Waals surface area (Å²) in [5.74, 6) is -0.878. The molecule has 0 atom stereocenters. The van der Waals surface area contributed by atoms with Gasteiger partial charge in [0, 0.05) is 13.0 Å². The Morgan fingerprint density at radius 2 is 1.86 bits per heavy atom. The molecule has 0 aliphatic heterocycles. The second-order valence-corrected chi connectivity index (χ2v) is 7.36. The third-order valence-corrected chi connectivity index (χ3v) is 5.00. The number of hydrogen-bond acceptors (Lipinski definition) is 7. The molecule has 0 fully saturated rings. The third kappa shape index (κ3) is 6.09. The molecule has 0 heterocycles. The van der Waals surface area contributed by atoms with Crippen molar-refractivity contribution < 1.29 is 26.9 Å². The number of alkyl carbamates (subject to hydrolysis) is 1. The Hall–Kier alpha value is -3.31. The maximum absolute atomic E-state index is 12.5. The maximum Gasteiger partial charge on any atom is 0.413 e. The lowest BCUT2D eigenvalue weighted by Gasteiger charge is -2.12. The summed E-state index contributed by atoms with van der Waals surface area (Å²) < 4.78 is 34.5. The van der Waals surface area contributed by atoms with Crippen molar-refractivity contribution >= 4 is 51.1 Å². The summed E-state index contributed by atoms with van der Waals surface area (Å²) in [6.07, 6.45) is -0.860. The number of methoxy groups -OCH3 is 1. The van der Waals surface area contributed by atoms with Gasteiger partial charge in [0.05, 0.1) is 23.5 Å². The molecule has 0 aliphatic rings. The number of nitrogens with two attached hydrogens (primary N) is 1. The monoisotopic (exact) mass is 440 g/mol. The van der Waals surface area contributed by atoms with Crippen LogP contribution in [-0.4, -0.2) is 33.5 Å². The van der Waals surface area contributed by atoms with E-state index in [1.807, 2.05) is 0 Å². The number of nitrogens with zero attached hydrogens (tertiary/aromatic N) is 1. The highest BCUT2D eigenvalue weighted by molar-refractivity contribution is 7.87. The summed E-state index contributed by atoms with van der Waals surface area (Å²) in [6.45, 7) is 1.27. The topological polar surface area (TPSA) is 149 Å². The van der Waals surface area contributed by atoms with Gasteiger partial charge in [-0.2, -0.15) is 8.42 Å². The van der Waals surface area contributed by atoms with Gasteiger partial charge in [-0.1, -0.05) is 23.7 Å². The zero-order valence-corrected chi connectivity index (χ0v) is 16.9. The van der Waals surface area contributed by atoms with Crippen LogP contribution in [0.2, 0.25) is 5.02 Å². The average molecular weight is 441 g/mol. The summed E-state index contributed by atoms with van der Waals surface area (Å²) >= 11 is 5.92. The van der Waals surface area contributed by atoms with Crippen LogP contribution in [0.3, 0.4) is 0 Å². The van der Waals surface area contributed by atoms with Crippen LogP contribution in [0.4, 0.5) is 16.2 Å². The van der Waals surface area contributed by atoms with Crippen LogP contribution in [0.1, 0.15) is 6.92 Å². The van der Waals surface area contributed by atoms with Crippen molar-refractivity contribution in [2.45, 2.75) is 11.8 Å². The molecule has 2 aromatic carbocycles. The van der Waals surface area contributed by atoms with Crippen LogP contribution in [0.25, 0.3) is 0 Å². The minimum absolute atomic E-state index is 0.00728. The molecule has 2 rings (SSSR count). The Labute approximate surface area is 171 Å². The van der Waals surface area contributed by atoms with Gasteiger partial charge in [-0.3, -0.25) is 10.1 Å². The highest BCUT2D eigenvalue weighted by atomic mass is 35.5. The SMILES string of the molecule is COC(=O)NC(N)=Nc1cc(OS(=O)(=O)c2ccccc2Cl)ccc1NC(C)=O. The summed E-state index contributed by atoms with van der Waals surface area (Å²) in [6, 6.07) is 9.66. The van der Waals surface area contributed by atoms with E-state index in [4.69, 9.17) is 21.5 Å². The standard InChI is InChI=1S/C17H17ClN4O6S/c1-10(23)20-13-8-7-11(9-14(13)21-16(19)22-17(24)27-2)28-29(25,26)15-6-4-3-5-12(15)18/h3-9H,1-2H3,(H,20,23)(H3,19,21,22,24). The molecular formula is C17H17ClN4O6S. The van der Waals surface area contributed by atoms with E-state index in [0.29, 0.717) is 0 Å². The quantitative estimate of drug-likeness (QED) is 0.367. The van der Waals surface area contributed by atoms with Crippen LogP contribution in [-0.2, 0) is 19.6 Å². The minimum atomic E-state index is -4.24. The van der Waals surface area contributed by atoms with E-state index in [0.717, 1.165) is 7.11 Å². The zero-order valence-electron chi connectivity index (χ0n) is 15.3. The molecule has 2 aromatic rings. The van der Waals surface area contributed by atoms with E-state index < -0.39 is 22.1 Å². The Balaban J connectivity index is 2.42. The van der Waals surface area contributed by atoms with Crippen LogP contribution in [0.5, 0.6) is 5.75 Å². The number of anilines is 1. The lowest BCUT2D eigenvalue weighted by atomic mass is 10.2. The number of carbonyl (C=O) groups excluding carboxylic acids is 2. The first kappa shape index (κ1) is 22.0. The molecule has 2 amide bonds. The second kappa shape index (κ2) is 9.26. The molecule has 0 aromatic heterocycles. The van der Waals surface area contributed by atoms with E-state index in [9.17, 15) is 18.0 Å². The summed E-state index contributed by atoms with van der Waals surface area (Å²) in [5.41, 5.74) is 5.85. The number of carbonyl (C=O) groups is 2. The third-order valence-electron chi connectivity index (χ3n) is 3.25. The molecule has 29 heavy (non-hydrogen) atoms. The van der Waals surface area contributed by atoms with Gasteiger partial charge in [0.1, 0.15) is 10.6 Å². The van der Waals surface area contributed by atoms with Gasteiger partial charge in [0.15, 0.2) is 0 Å². The molecule has 4 N–H and O–H groups in total. The molecule has 12 heteroatoms. The molecule has 0 saturated heterocycles. The molecule has 0 unspecified atom stereocenters. The average Bonchev–Trinajstić information content (AvgIpc) is 2.63. The number of hydrogen-bond donors (Lipinski definition) is 3. The van der Waals surface area contributed by atoms with Gasteiger partial charge >= 0.3 is 16.2 Å². The first-order valence-electron chi connectivity index (χ1n) is 7.92. The predicted octanol–water partition coefficient (Wildman–Crippen LogP) is 2.37. The fourth-order valence-corrected chi connectivity index (χ4v) is 3.50. The van der Waals surface area contributed by atoms with E-state index >= 15 is 0 Å². The number of nitrogens with one attached hydrogen (secondary N) is 2. The van der Waals surface area contributed by atoms with Gasteiger partial charge in [-0.25, -0.2) is 9.79 Å². The Kier molecular flexibility index (Phi) is 7.02. The number of guanidine groups is 1. The van der Waals surface area contributed by atoms with Crippen molar-refractivity contribution in [1.29, 1.82) is 0 Å².